The van der Waals surface area contributed by atoms with Crippen LogP contribution in [0, 0.1) is 5.92 Å². The van der Waals surface area contributed by atoms with Crippen molar-refractivity contribution in [3.8, 4) is 0 Å². The fraction of sp³-hybridized carbons (Fsp3) is 0.579. The Kier molecular flexibility index (Phi) is 5.74. The smallest absolute Gasteiger partial charge is 0.267 e. The van der Waals surface area contributed by atoms with Gasteiger partial charge in [-0.3, -0.25) is 14.3 Å². The lowest BCUT2D eigenvalue weighted by molar-refractivity contribution is -0.120. The Morgan fingerprint density at radius 3 is 2.78 bits per heavy atom. The first-order chi connectivity index (χ1) is 12.8. The number of amides is 1. The van der Waals surface area contributed by atoms with Crippen molar-refractivity contribution in [2.75, 3.05) is 5.32 Å². The summed E-state index contributed by atoms with van der Waals surface area (Å²) in [6, 6.07) is 4.00. The fourth-order valence-electron chi connectivity index (χ4n) is 3.61. The molecule has 0 spiro atoms. The van der Waals surface area contributed by atoms with Gasteiger partial charge in [-0.25, -0.2) is 4.68 Å². The average molecular weight is 373 g/mol. The van der Waals surface area contributed by atoms with E-state index in [1.54, 1.807) is 36.9 Å². The van der Waals surface area contributed by atoms with E-state index in [9.17, 15) is 14.7 Å². The Morgan fingerprint density at radius 1 is 1.37 bits per heavy atom. The lowest BCUT2D eigenvalue weighted by Crippen LogP contribution is -2.35. The predicted molar refractivity (Wildman–Crippen MR) is 101 cm³/mol. The minimum absolute atomic E-state index is 0.289. The lowest BCUT2D eigenvalue weighted by atomic mass is 9.98. The number of nitrogens with one attached hydrogen (secondary N) is 1. The van der Waals surface area contributed by atoms with Gasteiger partial charge in [0, 0.05) is 24.5 Å². The molecule has 8 heteroatoms. The molecule has 8 nitrogen and oxygen atoms in total. The van der Waals surface area contributed by atoms with Crippen molar-refractivity contribution < 1.29 is 9.90 Å². The Hall–Kier alpha value is -2.48. The minimum atomic E-state index is -0.903. The first-order valence-corrected chi connectivity index (χ1v) is 9.42. The van der Waals surface area contributed by atoms with Gasteiger partial charge in [0.2, 0.25) is 0 Å². The number of carbonyl (C=O) groups excluding carboxylic acids is 1. The zero-order chi connectivity index (χ0) is 19.4. The molecule has 1 fully saturated rings. The zero-order valence-corrected chi connectivity index (χ0v) is 15.8. The highest BCUT2D eigenvalue weighted by molar-refractivity contribution is 5.92. The topological polar surface area (TPSA) is 102 Å². The van der Waals surface area contributed by atoms with Gasteiger partial charge in [-0.2, -0.15) is 10.2 Å². The summed E-state index contributed by atoms with van der Waals surface area (Å²) in [6.07, 6.45) is 8.29. The molecule has 0 aliphatic heterocycles. The van der Waals surface area contributed by atoms with Gasteiger partial charge in [0.1, 0.15) is 6.04 Å². The largest absolute Gasteiger partial charge is 0.389 e. The van der Waals surface area contributed by atoms with Crippen molar-refractivity contribution >= 4 is 11.7 Å². The first-order valence-electron chi connectivity index (χ1n) is 9.42. The second kappa shape index (κ2) is 8.04. The summed E-state index contributed by atoms with van der Waals surface area (Å²) in [4.78, 5) is 25.2. The molecule has 0 saturated heterocycles. The summed E-state index contributed by atoms with van der Waals surface area (Å²) >= 11 is 0. The molecule has 3 rings (SSSR count). The van der Waals surface area contributed by atoms with Crippen LogP contribution in [0.5, 0.6) is 0 Å². The van der Waals surface area contributed by atoms with Crippen LogP contribution in [-0.2, 0) is 11.3 Å². The Labute approximate surface area is 158 Å². The molecule has 2 aromatic rings. The van der Waals surface area contributed by atoms with Gasteiger partial charge in [-0.15, -0.1) is 0 Å². The molecule has 0 radical (unpaired) electrons. The molecule has 1 unspecified atom stereocenters. The van der Waals surface area contributed by atoms with E-state index in [4.69, 9.17) is 0 Å². The van der Waals surface area contributed by atoms with Gasteiger partial charge in [-0.05, 0) is 32.3 Å². The molecule has 0 aromatic carbocycles. The summed E-state index contributed by atoms with van der Waals surface area (Å²) in [5.74, 6) is 0.517. The van der Waals surface area contributed by atoms with E-state index in [1.807, 2.05) is 0 Å². The van der Waals surface area contributed by atoms with Gasteiger partial charge in [0.25, 0.3) is 11.5 Å². The molecule has 1 aliphatic carbocycles. The maximum absolute atomic E-state index is 12.9. The molecule has 1 aliphatic rings. The van der Waals surface area contributed by atoms with E-state index in [2.05, 4.69) is 15.5 Å². The first kappa shape index (κ1) is 19.3. The summed E-state index contributed by atoms with van der Waals surface area (Å²) < 4.78 is 2.84. The number of carbonyl (C=O) groups is 1. The lowest BCUT2D eigenvalue weighted by Gasteiger charge is -2.20. The maximum Gasteiger partial charge on any atom is 0.267 e. The van der Waals surface area contributed by atoms with E-state index < -0.39 is 11.6 Å². The number of anilines is 1. The van der Waals surface area contributed by atoms with Gasteiger partial charge in [-0.1, -0.05) is 25.7 Å². The molecule has 0 bridgehead atoms. The summed E-state index contributed by atoms with van der Waals surface area (Å²) in [5.41, 5.74) is -1.19. The van der Waals surface area contributed by atoms with Crippen LogP contribution < -0.4 is 10.9 Å². The van der Waals surface area contributed by atoms with Gasteiger partial charge in [0.05, 0.1) is 12.1 Å². The molecule has 1 saturated carbocycles. The Balaban J connectivity index is 1.76. The molecular weight excluding hydrogens is 346 g/mol. The van der Waals surface area contributed by atoms with E-state index in [1.165, 1.54) is 16.9 Å². The monoisotopic (exact) mass is 373 g/mol. The van der Waals surface area contributed by atoms with Crippen LogP contribution in [0.3, 0.4) is 0 Å². The predicted octanol–water partition coefficient (Wildman–Crippen LogP) is 1.97. The maximum atomic E-state index is 12.9. The molecule has 1 atom stereocenters. The van der Waals surface area contributed by atoms with Crippen LogP contribution in [0.2, 0.25) is 0 Å². The van der Waals surface area contributed by atoms with Crippen LogP contribution in [0.1, 0.15) is 52.0 Å². The average Bonchev–Trinajstić information content (AvgIpc) is 3.24. The Morgan fingerprint density at radius 2 is 2.11 bits per heavy atom. The van der Waals surface area contributed by atoms with Gasteiger partial charge < -0.3 is 10.4 Å². The number of aromatic nitrogens is 4. The standard InChI is InChI=1S/C19H27N5O3/c1-19(2,27)13-23-11-9-16(22-23)21-18(26)15(12-14-6-3-4-7-14)24-17(25)8-5-10-20-24/h5,8-11,14-15,27H,3-4,6-7,12-13H2,1-2H3,(H,21,22,26). The number of rotatable bonds is 7. The molecule has 146 valence electrons. The molecule has 1 amide bonds. The summed E-state index contributed by atoms with van der Waals surface area (Å²) in [7, 11) is 0. The van der Waals surface area contributed by atoms with E-state index in [-0.39, 0.29) is 11.5 Å². The number of hydrogen-bond acceptors (Lipinski definition) is 5. The van der Waals surface area contributed by atoms with Crippen molar-refractivity contribution in [3.05, 3.63) is 40.9 Å². The second-order valence-corrected chi connectivity index (χ2v) is 7.91. The Bertz CT molecular complexity index is 830. The molecule has 2 heterocycles. The third-order valence-electron chi connectivity index (χ3n) is 4.81. The third-order valence-corrected chi connectivity index (χ3v) is 4.81. The second-order valence-electron chi connectivity index (χ2n) is 7.91. The van der Waals surface area contributed by atoms with Crippen LogP contribution in [0.15, 0.2) is 35.4 Å². The fourth-order valence-corrected chi connectivity index (χ4v) is 3.61. The van der Waals surface area contributed by atoms with Crippen LogP contribution in [0.25, 0.3) is 0 Å². The highest BCUT2D eigenvalue weighted by atomic mass is 16.3. The van der Waals surface area contributed by atoms with E-state index in [0.717, 1.165) is 25.7 Å². The summed E-state index contributed by atoms with van der Waals surface area (Å²) in [5, 5.41) is 21.1. The minimum Gasteiger partial charge on any atom is -0.389 e. The van der Waals surface area contributed by atoms with Gasteiger partial charge in [0.15, 0.2) is 5.82 Å². The molecule has 27 heavy (non-hydrogen) atoms. The van der Waals surface area contributed by atoms with Crippen LogP contribution in [-0.4, -0.2) is 36.2 Å². The van der Waals surface area contributed by atoms with Crippen LogP contribution in [0.4, 0.5) is 5.82 Å². The molecule has 2 aromatic heterocycles. The number of nitrogens with zero attached hydrogens (tertiary/aromatic N) is 4. The highest BCUT2D eigenvalue weighted by Crippen LogP contribution is 2.31. The quantitative estimate of drug-likeness (QED) is 0.772. The van der Waals surface area contributed by atoms with Gasteiger partial charge >= 0.3 is 0 Å². The van der Waals surface area contributed by atoms with E-state index >= 15 is 0 Å². The van der Waals surface area contributed by atoms with Crippen molar-refractivity contribution in [2.24, 2.45) is 5.92 Å². The van der Waals surface area contributed by atoms with E-state index in [0.29, 0.717) is 24.7 Å². The van der Waals surface area contributed by atoms with Crippen molar-refractivity contribution in [1.82, 2.24) is 19.6 Å². The van der Waals surface area contributed by atoms with Crippen LogP contribution >= 0.6 is 0 Å². The number of hydrogen-bond donors (Lipinski definition) is 2. The van der Waals surface area contributed by atoms with Crippen molar-refractivity contribution in [3.63, 3.8) is 0 Å². The highest BCUT2D eigenvalue weighted by Gasteiger charge is 2.28. The number of aliphatic hydroxyl groups is 1. The zero-order valence-electron chi connectivity index (χ0n) is 15.8. The van der Waals surface area contributed by atoms with Crippen molar-refractivity contribution in [2.45, 2.75) is 64.1 Å². The normalized spacial score (nSPS) is 16.4. The SMILES string of the molecule is CC(C)(O)Cn1ccc(NC(=O)C(CC2CCCC2)n2ncccc2=O)n1. The third kappa shape index (κ3) is 5.26. The summed E-state index contributed by atoms with van der Waals surface area (Å²) in [6.45, 7) is 3.70. The molecular formula is C19H27N5O3. The molecule has 2 N–H and O–H groups in total. The van der Waals surface area contributed by atoms with Crippen molar-refractivity contribution in [1.29, 1.82) is 0 Å².